The van der Waals surface area contributed by atoms with E-state index in [0.717, 1.165) is 23.1 Å². The Kier molecular flexibility index (Phi) is 6.07. The Morgan fingerprint density at radius 2 is 1.89 bits per heavy atom. The number of aryl methyl sites for hydroxylation is 2. The van der Waals surface area contributed by atoms with E-state index in [1.54, 1.807) is 36.1 Å². The molecule has 0 aromatic carbocycles. The largest absolute Gasteiger partial charge is 0.352 e. The molecule has 1 atom stereocenters. The van der Waals surface area contributed by atoms with Crippen molar-refractivity contribution in [3.05, 3.63) is 59.8 Å². The number of hydrogen-bond donors (Lipinski definition) is 3. The molecule has 4 heterocycles. The summed E-state index contributed by atoms with van der Waals surface area (Å²) in [5.74, 6) is -0.0312. The zero-order chi connectivity index (χ0) is 25.4. The second-order valence-electron chi connectivity index (χ2n) is 10.3. The number of H-pyrrole nitrogens is 1. The lowest BCUT2D eigenvalue weighted by Gasteiger charge is -2.27. The summed E-state index contributed by atoms with van der Waals surface area (Å²) >= 11 is 0. The average Bonchev–Trinajstić information content (AvgIpc) is 3.55. The molecular formula is C27H31N7O2. The molecule has 0 bridgehead atoms. The number of nitrogens with zero attached hydrogens (tertiary/aromatic N) is 4. The molecule has 36 heavy (non-hydrogen) atoms. The van der Waals surface area contributed by atoms with Gasteiger partial charge < -0.3 is 15.6 Å². The van der Waals surface area contributed by atoms with Gasteiger partial charge in [-0.1, -0.05) is 20.3 Å². The first-order valence-corrected chi connectivity index (χ1v) is 12.2. The number of carbonyl (C=O) groups is 2. The maximum Gasteiger partial charge on any atom is 0.257 e. The first-order chi connectivity index (χ1) is 17.2. The second kappa shape index (κ2) is 9.22. The molecule has 0 saturated heterocycles. The molecule has 5 rings (SSSR count). The summed E-state index contributed by atoms with van der Waals surface area (Å²) in [6.45, 7) is 6.96. The Hall–Kier alpha value is -4.01. The predicted octanol–water partition coefficient (Wildman–Crippen LogP) is 4.48. The molecular weight excluding hydrogens is 454 g/mol. The number of hydrogen-bond acceptors (Lipinski definition) is 5. The fourth-order valence-electron chi connectivity index (χ4n) is 4.93. The number of nitrogens with one attached hydrogen (secondary N) is 3. The number of amides is 2. The lowest BCUT2D eigenvalue weighted by Crippen LogP contribution is -2.33. The summed E-state index contributed by atoms with van der Waals surface area (Å²) in [7, 11) is 1.86. The molecule has 4 aromatic heterocycles. The van der Waals surface area contributed by atoms with Crippen LogP contribution in [0.25, 0.3) is 22.3 Å². The topological polar surface area (TPSA) is 118 Å². The molecule has 3 N–H and O–H groups in total. The average molecular weight is 486 g/mol. The third-order valence-corrected chi connectivity index (χ3v) is 7.33. The Morgan fingerprint density at radius 3 is 2.61 bits per heavy atom. The van der Waals surface area contributed by atoms with Gasteiger partial charge in [0.1, 0.15) is 5.65 Å². The summed E-state index contributed by atoms with van der Waals surface area (Å²) < 4.78 is 1.73. The van der Waals surface area contributed by atoms with E-state index in [2.05, 4.69) is 44.5 Å². The lowest BCUT2D eigenvalue weighted by molar-refractivity contribution is 0.0935. The van der Waals surface area contributed by atoms with Crippen LogP contribution in [0.5, 0.6) is 0 Å². The van der Waals surface area contributed by atoms with Crippen molar-refractivity contribution < 1.29 is 9.59 Å². The standard InChI is InChI=1S/C27H31N7O2/c1-16-22(10-19(11-28-16)25(35)30-14-21-6-5-7-27(21,2)3)33-26(36)18-8-17-9-23(32-24(17)29-12-18)20-13-31-34(4)15-20/h8-13,15,21H,5-7,14H2,1-4H3,(H,29,32)(H,30,35)(H,33,36). The molecule has 186 valence electrons. The van der Waals surface area contributed by atoms with Crippen molar-refractivity contribution in [2.24, 2.45) is 18.4 Å². The minimum Gasteiger partial charge on any atom is -0.352 e. The summed E-state index contributed by atoms with van der Waals surface area (Å²) in [5.41, 5.74) is 4.71. The van der Waals surface area contributed by atoms with Crippen molar-refractivity contribution in [2.45, 2.75) is 40.0 Å². The summed E-state index contributed by atoms with van der Waals surface area (Å²) in [4.78, 5) is 37.9. The second-order valence-corrected chi connectivity index (χ2v) is 10.3. The van der Waals surface area contributed by atoms with E-state index in [9.17, 15) is 9.59 Å². The Labute approximate surface area is 209 Å². The highest BCUT2D eigenvalue weighted by Crippen LogP contribution is 2.42. The number of aromatic nitrogens is 5. The number of pyridine rings is 2. The van der Waals surface area contributed by atoms with E-state index < -0.39 is 0 Å². The Bertz CT molecular complexity index is 1450. The van der Waals surface area contributed by atoms with Crippen LogP contribution in [-0.2, 0) is 7.05 Å². The van der Waals surface area contributed by atoms with Crippen LogP contribution >= 0.6 is 0 Å². The van der Waals surface area contributed by atoms with Crippen molar-refractivity contribution in [2.75, 3.05) is 11.9 Å². The van der Waals surface area contributed by atoms with E-state index in [4.69, 9.17) is 0 Å². The normalized spacial score (nSPS) is 16.8. The van der Waals surface area contributed by atoms with Gasteiger partial charge in [-0.15, -0.1) is 0 Å². The minimum atomic E-state index is -0.316. The number of fused-ring (bicyclic) bond motifs is 1. The van der Waals surface area contributed by atoms with Gasteiger partial charge in [0.25, 0.3) is 11.8 Å². The fraction of sp³-hybridized carbons (Fsp3) is 0.370. The van der Waals surface area contributed by atoms with E-state index in [0.29, 0.717) is 40.6 Å². The van der Waals surface area contributed by atoms with E-state index >= 15 is 0 Å². The Balaban J connectivity index is 1.30. The number of carbonyl (C=O) groups excluding carboxylic acids is 2. The van der Waals surface area contributed by atoms with Crippen LogP contribution in [0.15, 0.2) is 43.0 Å². The molecule has 1 saturated carbocycles. The van der Waals surface area contributed by atoms with Gasteiger partial charge in [0.2, 0.25) is 0 Å². The maximum atomic E-state index is 13.0. The molecule has 9 nitrogen and oxygen atoms in total. The van der Waals surface area contributed by atoms with Crippen molar-refractivity contribution in [1.82, 2.24) is 30.0 Å². The van der Waals surface area contributed by atoms with Crippen molar-refractivity contribution in [3.8, 4) is 11.3 Å². The van der Waals surface area contributed by atoms with Gasteiger partial charge in [-0.25, -0.2) is 4.98 Å². The van der Waals surface area contributed by atoms with E-state index in [1.807, 2.05) is 19.3 Å². The van der Waals surface area contributed by atoms with Gasteiger partial charge in [-0.3, -0.25) is 19.3 Å². The van der Waals surface area contributed by atoms with E-state index in [-0.39, 0.29) is 17.2 Å². The van der Waals surface area contributed by atoms with Gasteiger partial charge in [0, 0.05) is 43.1 Å². The summed E-state index contributed by atoms with van der Waals surface area (Å²) in [6, 6.07) is 5.41. The highest BCUT2D eigenvalue weighted by Gasteiger charge is 2.34. The van der Waals surface area contributed by atoms with Crippen LogP contribution in [0.4, 0.5) is 5.69 Å². The molecule has 1 unspecified atom stereocenters. The van der Waals surface area contributed by atoms with Crippen LogP contribution in [0, 0.1) is 18.3 Å². The number of rotatable bonds is 6. The van der Waals surface area contributed by atoms with Gasteiger partial charge in [0.15, 0.2) is 0 Å². The molecule has 0 radical (unpaired) electrons. The van der Waals surface area contributed by atoms with Crippen molar-refractivity contribution >= 4 is 28.5 Å². The summed E-state index contributed by atoms with van der Waals surface area (Å²) in [5, 5.41) is 11.0. The third-order valence-electron chi connectivity index (χ3n) is 7.33. The quantitative estimate of drug-likeness (QED) is 0.372. The first-order valence-electron chi connectivity index (χ1n) is 12.2. The number of aromatic amines is 1. The monoisotopic (exact) mass is 485 g/mol. The molecule has 0 spiro atoms. The van der Waals surface area contributed by atoms with Crippen LogP contribution in [-0.4, -0.2) is 43.1 Å². The van der Waals surface area contributed by atoms with Gasteiger partial charge in [-0.2, -0.15) is 5.10 Å². The summed E-state index contributed by atoms with van der Waals surface area (Å²) in [6.07, 6.45) is 10.3. The smallest absolute Gasteiger partial charge is 0.257 e. The SMILES string of the molecule is Cc1ncc(C(=O)NCC2CCCC2(C)C)cc1NC(=O)c1cnc2[nH]c(-c3cnn(C)c3)cc2c1. The first kappa shape index (κ1) is 23.7. The van der Waals surface area contributed by atoms with Crippen molar-refractivity contribution in [1.29, 1.82) is 0 Å². The number of anilines is 1. The molecule has 0 aliphatic heterocycles. The molecule has 1 aliphatic rings. The molecule has 2 amide bonds. The third kappa shape index (κ3) is 4.73. The highest BCUT2D eigenvalue weighted by atomic mass is 16.2. The van der Waals surface area contributed by atoms with Crippen LogP contribution < -0.4 is 10.6 Å². The Morgan fingerprint density at radius 1 is 1.11 bits per heavy atom. The predicted molar refractivity (Wildman–Crippen MR) is 139 cm³/mol. The minimum absolute atomic E-state index is 0.181. The molecule has 4 aromatic rings. The van der Waals surface area contributed by atoms with Gasteiger partial charge in [-0.05, 0) is 49.3 Å². The molecule has 9 heteroatoms. The highest BCUT2D eigenvalue weighted by molar-refractivity contribution is 6.06. The van der Waals surface area contributed by atoms with Crippen LogP contribution in [0.1, 0.15) is 59.5 Å². The zero-order valence-electron chi connectivity index (χ0n) is 21.1. The van der Waals surface area contributed by atoms with Gasteiger partial charge in [0.05, 0.1) is 34.4 Å². The fourth-order valence-corrected chi connectivity index (χ4v) is 4.93. The molecule has 1 aliphatic carbocycles. The van der Waals surface area contributed by atoms with Crippen LogP contribution in [0.2, 0.25) is 0 Å². The zero-order valence-corrected chi connectivity index (χ0v) is 21.1. The van der Waals surface area contributed by atoms with Crippen molar-refractivity contribution in [3.63, 3.8) is 0 Å². The van der Waals surface area contributed by atoms with E-state index in [1.165, 1.54) is 19.0 Å². The molecule has 1 fully saturated rings. The van der Waals surface area contributed by atoms with Crippen LogP contribution in [0.3, 0.4) is 0 Å². The maximum absolute atomic E-state index is 13.0. The van der Waals surface area contributed by atoms with Gasteiger partial charge >= 0.3 is 0 Å². The lowest BCUT2D eigenvalue weighted by atomic mass is 9.82.